The zero-order valence-electron chi connectivity index (χ0n) is 11.4. The van der Waals surface area contributed by atoms with Gasteiger partial charge < -0.3 is 15.8 Å². The highest BCUT2D eigenvalue weighted by Crippen LogP contribution is 2.33. The van der Waals surface area contributed by atoms with Gasteiger partial charge in [0.2, 0.25) is 0 Å². The zero-order chi connectivity index (χ0) is 13.7. The van der Waals surface area contributed by atoms with Gasteiger partial charge in [-0.2, -0.15) is 0 Å². The predicted octanol–water partition coefficient (Wildman–Crippen LogP) is 2.34. The number of anilines is 1. The van der Waals surface area contributed by atoms with Crippen molar-refractivity contribution in [3.8, 4) is 5.75 Å². The molecule has 4 heteroatoms. The molecule has 1 aromatic rings. The summed E-state index contributed by atoms with van der Waals surface area (Å²) in [5.41, 5.74) is 6.27. The summed E-state index contributed by atoms with van der Waals surface area (Å²) in [6.07, 6.45) is 4.71. The van der Waals surface area contributed by atoms with Crippen molar-refractivity contribution in [3.05, 3.63) is 24.3 Å². The maximum Gasteiger partial charge on any atom is 0.258 e. The zero-order valence-corrected chi connectivity index (χ0v) is 11.4. The van der Waals surface area contributed by atoms with Crippen molar-refractivity contribution >= 4 is 11.6 Å². The summed E-state index contributed by atoms with van der Waals surface area (Å²) >= 11 is 0. The molecule has 1 fully saturated rings. The van der Waals surface area contributed by atoms with Gasteiger partial charge in [0.15, 0.2) is 6.61 Å². The average Bonchev–Trinajstić information content (AvgIpc) is 3.21. The third kappa shape index (κ3) is 4.81. The molecule has 1 aliphatic rings. The van der Waals surface area contributed by atoms with Gasteiger partial charge in [-0.05, 0) is 43.0 Å². The molecule has 19 heavy (non-hydrogen) atoms. The van der Waals surface area contributed by atoms with Gasteiger partial charge in [0.25, 0.3) is 5.91 Å². The lowest BCUT2D eigenvalue weighted by atomic mass is 10.1. The highest BCUT2D eigenvalue weighted by atomic mass is 16.5. The van der Waals surface area contributed by atoms with Gasteiger partial charge in [0, 0.05) is 11.7 Å². The van der Waals surface area contributed by atoms with Crippen LogP contribution in [0.2, 0.25) is 0 Å². The number of amides is 1. The molecule has 1 aromatic carbocycles. The monoisotopic (exact) mass is 262 g/mol. The van der Waals surface area contributed by atoms with Gasteiger partial charge in [-0.1, -0.05) is 19.8 Å². The number of nitrogen functional groups attached to an aromatic ring is 1. The van der Waals surface area contributed by atoms with Crippen LogP contribution >= 0.6 is 0 Å². The summed E-state index contributed by atoms with van der Waals surface area (Å²) in [6.45, 7) is 2.17. The van der Waals surface area contributed by atoms with Crippen molar-refractivity contribution < 1.29 is 9.53 Å². The van der Waals surface area contributed by atoms with Crippen molar-refractivity contribution in [1.82, 2.24) is 5.32 Å². The van der Waals surface area contributed by atoms with E-state index in [-0.39, 0.29) is 18.6 Å². The van der Waals surface area contributed by atoms with Gasteiger partial charge in [-0.15, -0.1) is 0 Å². The Morgan fingerprint density at radius 2 is 2.11 bits per heavy atom. The van der Waals surface area contributed by atoms with E-state index in [9.17, 15) is 4.79 Å². The quantitative estimate of drug-likeness (QED) is 0.741. The number of carbonyl (C=O) groups excluding carboxylic acids is 1. The molecule has 1 atom stereocenters. The summed E-state index contributed by atoms with van der Waals surface area (Å²) < 4.78 is 5.42. The van der Waals surface area contributed by atoms with Crippen LogP contribution in [0, 0.1) is 5.92 Å². The lowest BCUT2D eigenvalue weighted by Crippen LogP contribution is -2.37. The molecule has 0 heterocycles. The molecule has 4 nitrogen and oxygen atoms in total. The second-order valence-corrected chi connectivity index (χ2v) is 5.21. The third-order valence-electron chi connectivity index (χ3n) is 3.42. The van der Waals surface area contributed by atoms with Gasteiger partial charge in [0.1, 0.15) is 5.75 Å². The fourth-order valence-electron chi connectivity index (χ4n) is 2.07. The first-order valence-electron chi connectivity index (χ1n) is 6.95. The second kappa shape index (κ2) is 6.45. The lowest BCUT2D eigenvalue weighted by Gasteiger charge is -2.16. The first-order valence-corrected chi connectivity index (χ1v) is 6.95. The summed E-state index contributed by atoms with van der Waals surface area (Å²) in [6, 6.07) is 7.34. The number of benzene rings is 1. The van der Waals surface area contributed by atoms with Crippen molar-refractivity contribution in [2.75, 3.05) is 12.3 Å². The molecule has 1 amide bonds. The summed E-state index contributed by atoms with van der Waals surface area (Å²) in [5, 5.41) is 3.03. The van der Waals surface area contributed by atoms with Crippen LogP contribution in [0.3, 0.4) is 0 Å². The van der Waals surface area contributed by atoms with Crippen LogP contribution in [0.25, 0.3) is 0 Å². The van der Waals surface area contributed by atoms with Crippen molar-refractivity contribution in [3.63, 3.8) is 0 Å². The van der Waals surface area contributed by atoms with Gasteiger partial charge in [0.05, 0.1) is 0 Å². The SMILES string of the molecule is CCC(CC1CC1)NC(=O)COc1ccc(N)cc1. The number of nitrogens with two attached hydrogens (primary N) is 1. The van der Waals surface area contributed by atoms with Crippen LogP contribution in [0.5, 0.6) is 5.75 Å². The summed E-state index contributed by atoms with van der Waals surface area (Å²) in [4.78, 5) is 11.8. The van der Waals surface area contributed by atoms with Crippen molar-refractivity contribution in [1.29, 1.82) is 0 Å². The normalized spacial score (nSPS) is 15.8. The van der Waals surface area contributed by atoms with E-state index in [1.165, 1.54) is 12.8 Å². The van der Waals surface area contributed by atoms with Crippen molar-refractivity contribution in [2.45, 2.75) is 38.6 Å². The number of carbonyl (C=O) groups is 1. The van der Waals surface area contributed by atoms with Crippen LogP contribution < -0.4 is 15.8 Å². The van der Waals surface area contributed by atoms with Crippen LogP contribution in [0.15, 0.2) is 24.3 Å². The van der Waals surface area contributed by atoms with Gasteiger partial charge >= 0.3 is 0 Å². The molecular weight excluding hydrogens is 240 g/mol. The van der Waals surface area contributed by atoms with Crippen LogP contribution in [0.1, 0.15) is 32.6 Å². The smallest absolute Gasteiger partial charge is 0.258 e. The molecule has 1 saturated carbocycles. The van der Waals surface area contributed by atoms with E-state index in [0.29, 0.717) is 11.4 Å². The first-order chi connectivity index (χ1) is 9.17. The molecule has 0 spiro atoms. The minimum Gasteiger partial charge on any atom is -0.484 e. The minimum absolute atomic E-state index is 0.0516. The fourth-order valence-corrected chi connectivity index (χ4v) is 2.07. The molecule has 2 rings (SSSR count). The second-order valence-electron chi connectivity index (χ2n) is 5.21. The van der Waals surface area contributed by atoms with Gasteiger partial charge in [-0.25, -0.2) is 0 Å². The Balaban J connectivity index is 1.72. The Kier molecular flexibility index (Phi) is 4.66. The topological polar surface area (TPSA) is 64.3 Å². The maximum atomic E-state index is 11.8. The highest BCUT2D eigenvalue weighted by Gasteiger charge is 2.25. The molecule has 104 valence electrons. The predicted molar refractivity (Wildman–Crippen MR) is 75.9 cm³/mol. The lowest BCUT2D eigenvalue weighted by molar-refractivity contribution is -0.123. The van der Waals surface area contributed by atoms with Crippen molar-refractivity contribution in [2.24, 2.45) is 5.92 Å². The Morgan fingerprint density at radius 3 is 2.68 bits per heavy atom. The average molecular weight is 262 g/mol. The molecule has 0 aromatic heterocycles. The first kappa shape index (κ1) is 13.7. The Hall–Kier alpha value is -1.71. The van der Waals surface area contributed by atoms with Crippen LogP contribution in [-0.2, 0) is 4.79 Å². The number of hydrogen-bond acceptors (Lipinski definition) is 3. The van der Waals surface area contributed by atoms with E-state index in [0.717, 1.165) is 18.8 Å². The van der Waals surface area contributed by atoms with E-state index < -0.39 is 0 Å². The minimum atomic E-state index is -0.0516. The molecule has 1 aliphatic carbocycles. The summed E-state index contributed by atoms with van der Waals surface area (Å²) in [7, 11) is 0. The standard InChI is InChI=1S/C15H22N2O2/c1-2-13(9-11-3-4-11)17-15(18)10-19-14-7-5-12(16)6-8-14/h5-8,11,13H,2-4,9-10,16H2,1H3,(H,17,18). The van der Waals surface area contributed by atoms with Crippen LogP contribution in [0.4, 0.5) is 5.69 Å². The molecule has 0 bridgehead atoms. The summed E-state index contributed by atoms with van der Waals surface area (Å²) in [5.74, 6) is 1.44. The fraction of sp³-hybridized carbons (Fsp3) is 0.533. The number of nitrogens with one attached hydrogen (secondary N) is 1. The molecule has 0 aliphatic heterocycles. The van der Waals surface area contributed by atoms with E-state index in [2.05, 4.69) is 12.2 Å². The number of hydrogen-bond donors (Lipinski definition) is 2. The molecular formula is C15H22N2O2. The Labute approximate surface area is 114 Å². The molecule has 0 radical (unpaired) electrons. The Morgan fingerprint density at radius 1 is 1.42 bits per heavy atom. The van der Waals surface area contributed by atoms with E-state index in [4.69, 9.17) is 10.5 Å². The molecule has 1 unspecified atom stereocenters. The number of rotatable bonds is 7. The maximum absolute atomic E-state index is 11.8. The van der Waals surface area contributed by atoms with E-state index in [1.54, 1.807) is 24.3 Å². The largest absolute Gasteiger partial charge is 0.484 e. The molecule has 3 N–H and O–H groups in total. The van der Waals surface area contributed by atoms with E-state index in [1.807, 2.05) is 0 Å². The molecule has 0 saturated heterocycles. The van der Waals surface area contributed by atoms with E-state index >= 15 is 0 Å². The highest BCUT2D eigenvalue weighted by molar-refractivity contribution is 5.77. The number of ether oxygens (including phenoxy) is 1. The van der Waals surface area contributed by atoms with Crippen LogP contribution in [-0.4, -0.2) is 18.6 Å². The Bertz CT molecular complexity index is 413. The third-order valence-corrected chi connectivity index (χ3v) is 3.42. The van der Waals surface area contributed by atoms with Gasteiger partial charge in [-0.3, -0.25) is 4.79 Å².